The number of rotatable bonds is 1. The zero-order chi connectivity index (χ0) is 14.4. The van der Waals surface area contributed by atoms with Crippen LogP contribution in [-0.2, 0) is 18.4 Å². The summed E-state index contributed by atoms with van der Waals surface area (Å²) in [6.45, 7) is 0. The summed E-state index contributed by atoms with van der Waals surface area (Å²) in [4.78, 5) is 0. The molecule has 0 saturated carbocycles. The lowest BCUT2D eigenvalue weighted by Crippen LogP contribution is -2.32. The van der Waals surface area contributed by atoms with Gasteiger partial charge in [-0.15, -0.1) is 0 Å². The molecule has 1 atom stereocenters. The normalized spacial score (nSPS) is 21.4. The van der Waals surface area contributed by atoms with E-state index in [1.54, 1.807) is 12.1 Å². The smallest absolute Gasteiger partial charge is 0.137 e. The number of halogens is 1. The summed E-state index contributed by atoms with van der Waals surface area (Å²) in [6.07, 6.45) is 1.97. The highest BCUT2D eigenvalue weighted by atomic mass is 19.1. The zero-order valence-corrected chi connectivity index (χ0v) is 11.5. The largest absolute Gasteiger partial charge is 0.458 e. The van der Waals surface area contributed by atoms with Gasteiger partial charge in [0.05, 0.1) is 0 Å². The van der Waals surface area contributed by atoms with E-state index < -0.39 is 5.60 Å². The van der Waals surface area contributed by atoms with E-state index in [1.807, 2.05) is 18.2 Å². The van der Waals surface area contributed by atoms with Crippen molar-refractivity contribution in [1.82, 2.24) is 0 Å². The summed E-state index contributed by atoms with van der Waals surface area (Å²) >= 11 is 0. The van der Waals surface area contributed by atoms with E-state index >= 15 is 0 Å². The van der Waals surface area contributed by atoms with E-state index in [0.717, 1.165) is 12.0 Å². The van der Waals surface area contributed by atoms with Crippen molar-refractivity contribution in [3.63, 3.8) is 0 Å². The maximum atomic E-state index is 13.3. The van der Waals surface area contributed by atoms with Crippen LogP contribution in [0.2, 0.25) is 0 Å². The molecule has 1 aromatic heterocycles. The number of aliphatic hydroxyl groups is 1. The molecule has 2 nitrogen and oxygen atoms in total. The fourth-order valence-corrected chi connectivity index (χ4v) is 3.17. The van der Waals surface area contributed by atoms with Gasteiger partial charge in [0.2, 0.25) is 0 Å². The summed E-state index contributed by atoms with van der Waals surface area (Å²) in [5, 5.41) is 11.7. The Hall–Kier alpha value is -2.13. The second-order valence-corrected chi connectivity index (χ2v) is 5.77. The van der Waals surface area contributed by atoms with Gasteiger partial charge in [-0.1, -0.05) is 24.3 Å². The molecule has 4 rings (SSSR count). The number of hydrogen-bond donors (Lipinski definition) is 1. The van der Waals surface area contributed by atoms with Crippen molar-refractivity contribution in [2.24, 2.45) is 0 Å². The zero-order valence-electron chi connectivity index (χ0n) is 11.5. The highest BCUT2D eigenvalue weighted by molar-refractivity contribution is 5.78. The Morgan fingerprint density at radius 2 is 1.86 bits per heavy atom. The molecule has 0 radical (unpaired) electrons. The predicted molar refractivity (Wildman–Crippen MR) is 78.5 cm³/mol. The van der Waals surface area contributed by atoms with Gasteiger partial charge in [-0.25, -0.2) is 4.39 Å². The average molecular weight is 282 g/mol. The Kier molecular flexibility index (Phi) is 2.66. The topological polar surface area (TPSA) is 33.4 Å². The number of benzene rings is 2. The van der Waals surface area contributed by atoms with Crippen LogP contribution in [0, 0.1) is 5.82 Å². The summed E-state index contributed by atoms with van der Waals surface area (Å²) < 4.78 is 19.0. The maximum Gasteiger partial charge on any atom is 0.137 e. The van der Waals surface area contributed by atoms with Crippen molar-refractivity contribution in [3.8, 4) is 0 Å². The lowest BCUT2D eigenvalue weighted by molar-refractivity contribution is 0.00266. The van der Waals surface area contributed by atoms with Crippen molar-refractivity contribution < 1.29 is 13.9 Å². The van der Waals surface area contributed by atoms with Crippen molar-refractivity contribution in [2.45, 2.75) is 24.9 Å². The number of furan rings is 1. The SMILES string of the molecule is OC1(c2cc3cc(F)ccc3o2)CCc2ccccc2C1. The van der Waals surface area contributed by atoms with Gasteiger partial charge in [0.1, 0.15) is 22.8 Å². The van der Waals surface area contributed by atoms with E-state index in [4.69, 9.17) is 4.42 Å². The summed E-state index contributed by atoms with van der Waals surface area (Å²) in [5.74, 6) is 0.230. The Labute approximate surface area is 121 Å². The third-order valence-corrected chi connectivity index (χ3v) is 4.35. The minimum absolute atomic E-state index is 0.296. The van der Waals surface area contributed by atoms with Crippen LogP contribution < -0.4 is 0 Å². The van der Waals surface area contributed by atoms with Gasteiger partial charge in [0.15, 0.2) is 0 Å². The first kappa shape index (κ1) is 12.6. The highest BCUT2D eigenvalue weighted by Crippen LogP contribution is 2.38. The van der Waals surface area contributed by atoms with Gasteiger partial charge in [-0.2, -0.15) is 0 Å². The molecule has 21 heavy (non-hydrogen) atoms. The van der Waals surface area contributed by atoms with Gasteiger partial charge in [-0.3, -0.25) is 0 Å². The summed E-state index contributed by atoms with van der Waals surface area (Å²) in [5.41, 5.74) is 2.03. The summed E-state index contributed by atoms with van der Waals surface area (Å²) in [7, 11) is 0. The molecule has 0 aliphatic heterocycles. The molecule has 1 unspecified atom stereocenters. The van der Waals surface area contributed by atoms with E-state index in [0.29, 0.717) is 29.6 Å². The lowest BCUT2D eigenvalue weighted by Gasteiger charge is -2.31. The monoisotopic (exact) mass is 282 g/mol. The number of aryl methyl sites for hydroxylation is 1. The van der Waals surface area contributed by atoms with E-state index in [2.05, 4.69) is 6.07 Å². The van der Waals surface area contributed by atoms with Gasteiger partial charge in [0, 0.05) is 11.8 Å². The maximum absolute atomic E-state index is 13.3. The first-order valence-corrected chi connectivity index (χ1v) is 7.13. The predicted octanol–water partition coefficient (Wildman–Crippen LogP) is 3.95. The molecule has 0 spiro atoms. The first-order valence-electron chi connectivity index (χ1n) is 7.13. The minimum atomic E-state index is -1.01. The average Bonchev–Trinajstić information content (AvgIpc) is 2.91. The molecule has 0 amide bonds. The van der Waals surface area contributed by atoms with Crippen LogP contribution >= 0.6 is 0 Å². The molecule has 1 aliphatic rings. The van der Waals surface area contributed by atoms with Crippen LogP contribution in [0.1, 0.15) is 23.3 Å². The van der Waals surface area contributed by atoms with E-state index in [1.165, 1.54) is 17.7 Å². The molecule has 0 fully saturated rings. The Morgan fingerprint density at radius 1 is 1.05 bits per heavy atom. The van der Waals surface area contributed by atoms with Gasteiger partial charge < -0.3 is 9.52 Å². The fourth-order valence-electron chi connectivity index (χ4n) is 3.17. The third-order valence-electron chi connectivity index (χ3n) is 4.35. The van der Waals surface area contributed by atoms with Crippen LogP contribution in [0.15, 0.2) is 52.9 Å². The number of hydrogen-bond acceptors (Lipinski definition) is 2. The fraction of sp³-hybridized carbons (Fsp3) is 0.222. The third kappa shape index (κ3) is 2.05. The van der Waals surface area contributed by atoms with Crippen LogP contribution in [0.3, 0.4) is 0 Å². The molecule has 1 aliphatic carbocycles. The van der Waals surface area contributed by atoms with Crippen molar-refractivity contribution in [3.05, 3.63) is 71.2 Å². The van der Waals surface area contributed by atoms with Crippen LogP contribution in [-0.4, -0.2) is 5.11 Å². The molecular formula is C18H15FO2. The Balaban J connectivity index is 1.77. The molecule has 3 aromatic rings. The molecule has 106 valence electrons. The Bertz CT molecular complexity index is 821. The van der Waals surface area contributed by atoms with Crippen LogP contribution in [0.25, 0.3) is 11.0 Å². The van der Waals surface area contributed by atoms with Gasteiger partial charge in [0.25, 0.3) is 0 Å². The molecule has 0 bridgehead atoms. The van der Waals surface area contributed by atoms with Crippen molar-refractivity contribution >= 4 is 11.0 Å². The quantitative estimate of drug-likeness (QED) is 0.733. The van der Waals surface area contributed by atoms with Gasteiger partial charge in [-0.05, 0) is 48.2 Å². The Morgan fingerprint density at radius 3 is 2.71 bits per heavy atom. The molecule has 1 heterocycles. The molecule has 2 aromatic carbocycles. The number of fused-ring (bicyclic) bond motifs is 2. The molecular weight excluding hydrogens is 267 g/mol. The van der Waals surface area contributed by atoms with Crippen LogP contribution in [0.4, 0.5) is 4.39 Å². The molecule has 3 heteroatoms. The second-order valence-electron chi connectivity index (χ2n) is 5.77. The van der Waals surface area contributed by atoms with Crippen LogP contribution in [0.5, 0.6) is 0 Å². The van der Waals surface area contributed by atoms with Crippen molar-refractivity contribution in [2.75, 3.05) is 0 Å². The standard InChI is InChI=1S/C18H15FO2/c19-15-5-6-16-14(9-15)10-17(21-16)18(20)8-7-12-3-1-2-4-13(12)11-18/h1-6,9-10,20H,7-8,11H2. The summed E-state index contributed by atoms with van der Waals surface area (Å²) in [6, 6.07) is 14.3. The highest BCUT2D eigenvalue weighted by Gasteiger charge is 2.36. The van der Waals surface area contributed by atoms with E-state index in [9.17, 15) is 9.50 Å². The second kappa shape index (κ2) is 4.43. The van der Waals surface area contributed by atoms with Gasteiger partial charge >= 0.3 is 0 Å². The molecule has 0 saturated heterocycles. The lowest BCUT2D eigenvalue weighted by atomic mass is 9.79. The minimum Gasteiger partial charge on any atom is -0.458 e. The molecule has 1 N–H and O–H groups in total. The first-order chi connectivity index (χ1) is 10.1. The van der Waals surface area contributed by atoms with E-state index in [-0.39, 0.29) is 5.82 Å². The van der Waals surface area contributed by atoms with Crippen molar-refractivity contribution in [1.29, 1.82) is 0 Å².